The van der Waals surface area contributed by atoms with Crippen LogP contribution in [-0.4, -0.2) is 31.0 Å². The van der Waals surface area contributed by atoms with Crippen molar-refractivity contribution in [3.8, 4) is 0 Å². The average molecular weight is 286 g/mol. The maximum Gasteiger partial charge on any atom is 0.283 e. The Kier molecular flexibility index (Phi) is 5.72. The molecule has 19 heavy (non-hydrogen) atoms. The number of amides is 1. The van der Waals surface area contributed by atoms with Crippen LogP contribution in [0.25, 0.3) is 0 Å². The Balaban J connectivity index is 2.85. The summed E-state index contributed by atoms with van der Waals surface area (Å²) >= 11 is 5.87. The smallest absolute Gasteiger partial charge is 0.283 e. The molecule has 0 aromatic heterocycles. The molecule has 0 spiro atoms. The van der Waals surface area contributed by atoms with Crippen LogP contribution in [0.5, 0.6) is 0 Å². The molecule has 0 aliphatic heterocycles. The van der Waals surface area contributed by atoms with Gasteiger partial charge in [0.25, 0.3) is 11.6 Å². The van der Waals surface area contributed by atoms with Gasteiger partial charge in [-0.3, -0.25) is 14.9 Å². The SMILES string of the molecule is CNCC(C)CNC(=O)c1c(Cl)cccc1[N+](=O)[O-]. The summed E-state index contributed by atoms with van der Waals surface area (Å²) < 4.78 is 0. The third-order valence-corrected chi connectivity index (χ3v) is 2.89. The summed E-state index contributed by atoms with van der Waals surface area (Å²) in [5.74, 6) is -0.309. The summed E-state index contributed by atoms with van der Waals surface area (Å²) in [6, 6.07) is 4.17. The molecule has 1 amide bonds. The number of nitrogens with one attached hydrogen (secondary N) is 2. The van der Waals surface area contributed by atoms with E-state index in [1.807, 2.05) is 14.0 Å². The molecule has 1 aromatic rings. The fourth-order valence-electron chi connectivity index (χ4n) is 1.67. The van der Waals surface area contributed by atoms with Crippen molar-refractivity contribution in [1.29, 1.82) is 0 Å². The van der Waals surface area contributed by atoms with Crippen molar-refractivity contribution < 1.29 is 9.72 Å². The van der Waals surface area contributed by atoms with Crippen LogP contribution in [0.1, 0.15) is 17.3 Å². The Morgan fingerprint density at radius 3 is 2.74 bits per heavy atom. The second-order valence-electron chi connectivity index (χ2n) is 4.26. The predicted molar refractivity (Wildman–Crippen MR) is 73.5 cm³/mol. The van der Waals surface area contributed by atoms with Gasteiger partial charge in [0.15, 0.2) is 0 Å². The highest BCUT2D eigenvalue weighted by atomic mass is 35.5. The van der Waals surface area contributed by atoms with Gasteiger partial charge in [-0.2, -0.15) is 0 Å². The molecule has 0 heterocycles. The Morgan fingerprint density at radius 1 is 1.47 bits per heavy atom. The first-order chi connectivity index (χ1) is 8.97. The highest BCUT2D eigenvalue weighted by Crippen LogP contribution is 2.25. The molecular formula is C12H16ClN3O3. The molecule has 0 aliphatic rings. The molecule has 104 valence electrons. The fraction of sp³-hybridized carbons (Fsp3) is 0.417. The lowest BCUT2D eigenvalue weighted by Crippen LogP contribution is -2.32. The van der Waals surface area contributed by atoms with Crippen molar-refractivity contribution in [1.82, 2.24) is 10.6 Å². The molecule has 1 unspecified atom stereocenters. The molecule has 7 heteroatoms. The second kappa shape index (κ2) is 7.06. The summed E-state index contributed by atoms with van der Waals surface area (Å²) in [6.45, 7) is 3.12. The highest BCUT2D eigenvalue weighted by molar-refractivity contribution is 6.34. The molecule has 0 saturated carbocycles. The quantitative estimate of drug-likeness (QED) is 0.617. The summed E-state index contributed by atoms with van der Waals surface area (Å²) in [7, 11) is 1.82. The third-order valence-electron chi connectivity index (χ3n) is 2.58. The van der Waals surface area contributed by atoms with E-state index >= 15 is 0 Å². The van der Waals surface area contributed by atoms with Crippen molar-refractivity contribution in [2.75, 3.05) is 20.1 Å². The molecule has 1 aromatic carbocycles. The summed E-state index contributed by atoms with van der Waals surface area (Å²) in [6.07, 6.45) is 0. The van der Waals surface area contributed by atoms with Crippen molar-refractivity contribution in [2.45, 2.75) is 6.92 Å². The topological polar surface area (TPSA) is 84.3 Å². The van der Waals surface area contributed by atoms with Gasteiger partial charge in [-0.1, -0.05) is 24.6 Å². The largest absolute Gasteiger partial charge is 0.351 e. The van der Waals surface area contributed by atoms with Crippen LogP contribution in [0.2, 0.25) is 5.02 Å². The van der Waals surface area contributed by atoms with Gasteiger partial charge in [0, 0.05) is 12.6 Å². The Bertz CT molecular complexity index is 479. The zero-order chi connectivity index (χ0) is 14.4. The van der Waals surface area contributed by atoms with E-state index in [4.69, 9.17) is 11.6 Å². The molecule has 0 aliphatic carbocycles. The number of benzene rings is 1. The standard InChI is InChI=1S/C12H16ClN3O3/c1-8(6-14-2)7-15-12(17)11-9(13)4-3-5-10(11)16(18)19/h3-5,8,14H,6-7H2,1-2H3,(H,15,17). The zero-order valence-corrected chi connectivity index (χ0v) is 11.5. The van der Waals surface area contributed by atoms with Gasteiger partial charge in [0.1, 0.15) is 5.56 Å². The van der Waals surface area contributed by atoms with Gasteiger partial charge in [0.2, 0.25) is 0 Å². The molecule has 1 atom stereocenters. The summed E-state index contributed by atoms with van der Waals surface area (Å²) in [5.41, 5.74) is -0.378. The van der Waals surface area contributed by atoms with Crippen LogP contribution in [0.15, 0.2) is 18.2 Å². The number of hydrogen-bond acceptors (Lipinski definition) is 4. The molecule has 6 nitrogen and oxygen atoms in total. The zero-order valence-electron chi connectivity index (χ0n) is 10.8. The van der Waals surface area contributed by atoms with Gasteiger partial charge < -0.3 is 10.6 Å². The fourth-order valence-corrected chi connectivity index (χ4v) is 1.92. The summed E-state index contributed by atoms with van der Waals surface area (Å²) in [4.78, 5) is 22.2. The average Bonchev–Trinajstić information content (AvgIpc) is 2.36. The van der Waals surface area contributed by atoms with E-state index in [1.165, 1.54) is 18.2 Å². The number of nitro benzene ring substituents is 1. The van der Waals surface area contributed by atoms with E-state index in [0.717, 1.165) is 6.54 Å². The van der Waals surface area contributed by atoms with Crippen LogP contribution >= 0.6 is 11.6 Å². The number of nitrogens with zero attached hydrogens (tertiary/aromatic N) is 1. The summed E-state index contributed by atoms with van der Waals surface area (Å²) in [5, 5.41) is 16.6. The molecule has 2 N–H and O–H groups in total. The Morgan fingerprint density at radius 2 is 2.16 bits per heavy atom. The minimum atomic E-state index is -0.613. The van der Waals surface area contributed by atoms with E-state index in [-0.39, 0.29) is 22.2 Å². The first kappa shape index (κ1) is 15.4. The first-order valence-electron chi connectivity index (χ1n) is 5.83. The maximum absolute atomic E-state index is 12.0. The number of hydrogen-bond donors (Lipinski definition) is 2. The van der Waals surface area contributed by atoms with Crippen LogP contribution in [0.3, 0.4) is 0 Å². The Labute approximate surface area is 116 Å². The van der Waals surface area contributed by atoms with Crippen molar-refractivity contribution in [3.63, 3.8) is 0 Å². The minimum Gasteiger partial charge on any atom is -0.351 e. The molecule has 0 fully saturated rings. The molecular weight excluding hydrogens is 270 g/mol. The van der Waals surface area contributed by atoms with Gasteiger partial charge in [-0.25, -0.2) is 0 Å². The van der Waals surface area contributed by atoms with Crippen LogP contribution < -0.4 is 10.6 Å². The van der Waals surface area contributed by atoms with E-state index < -0.39 is 10.8 Å². The lowest BCUT2D eigenvalue weighted by Gasteiger charge is -2.12. The van der Waals surface area contributed by atoms with E-state index in [0.29, 0.717) is 6.54 Å². The third kappa shape index (κ3) is 4.18. The molecule has 1 rings (SSSR count). The van der Waals surface area contributed by atoms with Crippen molar-refractivity contribution >= 4 is 23.2 Å². The van der Waals surface area contributed by atoms with Gasteiger partial charge in [-0.05, 0) is 25.6 Å². The maximum atomic E-state index is 12.0. The highest BCUT2D eigenvalue weighted by Gasteiger charge is 2.23. The van der Waals surface area contributed by atoms with Gasteiger partial charge in [-0.15, -0.1) is 0 Å². The van der Waals surface area contributed by atoms with Gasteiger partial charge >= 0.3 is 0 Å². The van der Waals surface area contributed by atoms with Crippen LogP contribution in [0, 0.1) is 16.0 Å². The predicted octanol–water partition coefficient (Wildman–Crippen LogP) is 1.83. The van der Waals surface area contributed by atoms with Gasteiger partial charge in [0.05, 0.1) is 9.95 Å². The van der Waals surface area contributed by atoms with Crippen LogP contribution in [-0.2, 0) is 0 Å². The molecule has 0 radical (unpaired) electrons. The number of rotatable bonds is 6. The molecule has 0 saturated heterocycles. The normalized spacial score (nSPS) is 11.9. The first-order valence-corrected chi connectivity index (χ1v) is 6.20. The van der Waals surface area contributed by atoms with E-state index in [9.17, 15) is 14.9 Å². The minimum absolute atomic E-state index is 0.0768. The van der Waals surface area contributed by atoms with E-state index in [1.54, 1.807) is 0 Å². The number of carbonyl (C=O) groups is 1. The lowest BCUT2D eigenvalue weighted by molar-refractivity contribution is -0.385. The Hall–Kier alpha value is -1.66. The number of carbonyl (C=O) groups excluding carboxylic acids is 1. The number of nitro groups is 1. The monoisotopic (exact) mass is 285 g/mol. The van der Waals surface area contributed by atoms with Crippen LogP contribution in [0.4, 0.5) is 5.69 Å². The number of halogens is 1. The molecule has 0 bridgehead atoms. The van der Waals surface area contributed by atoms with Crippen molar-refractivity contribution in [3.05, 3.63) is 38.9 Å². The second-order valence-corrected chi connectivity index (χ2v) is 4.67. The van der Waals surface area contributed by atoms with Crippen molar-refractivity contribution in [2.24, 2.45) is 5.92 Å². The lowest BCUT2D eigenvalue weighted by atomic mass is 10.1. The van der Waals surface area contributed by atoms with E-state index in [2.05, 4.69) is 10.6 Å².